The first-order chi connectivity index (χ1) is 2.77. The fraction of sp³-hybridized carbons (Fsp3) is 0.333. The molecule has 3 heteroatoms. The average molecular weight is 143 g/mol. The summed E-state index contributed by atoms with van der Waals surface area (Å²) in [6.07, 6.45) is 1.66. The van der Waals surface area contributed by atoms with Crippen molar-refractivity contribution in [3.63, 3.8) is 0 Å². The summed E-state index contributed by atoms with van der Waals surface area (Å²) in [5, 5.41) is -0.0255. The topological polar surface area (TPSA) is 0 Å². The van der Waals surface area contributed by atoms with Crippen LogP contribution in [-0.2, 0) is 0 Å². The van der Waals surface area contributed by atoms with Crippen molar-refractivity contribution < 1.29 is 0 Å². The molecule has 0 aliphatic heterocycles. The van der Waals surface area contributed by atoms with Crippen molar-refractivity contribution in [2.24, 2.45) is 0 Å². The van der Waals surface area contributed by atoms with E-state index in [0.717, 1.165) is 0 Å². The Morgan fingerprint density at radius 2 is 2.17 bits per heavy atom. The van der Waals surface area contributed by atoms with E-state index in [1.807, 2.05) is 0 Å². The largest absolute Gasteiger partial charge is 0.114 e. The van der Waals surface area contributed by atoms with E-state index in [0.29, 0.717) is 0 Å². The highest BCUT2D eigenvalue weighted by molar-refractivity contribution is 7.21. The van der Waals surface area contributed by atoms with Crippen LogP contribution in [0.25, 0.3) is 0 Å². The summed E-state index contributed by atoms with van der Waals surface area (Å²) in [4.78, 5) is 0. The van der Waals surface area contributed by atoms with E-state index in [4.69, 9.17) is 23.2 Å². The van der Waals surface area contributed by atoms with E-state index >= 15 is 0 Å². The number of hydrogen-bond donors (Lipinski definition) is 0. The molecule has 0 spiro atoms. The zero-order chi connectivity index (χ0) is 4.99. The van der Waals surface area contributed by atoms with Crippen molar-refractivity contribution in [3.05, 3.63) is 11.6 Å². The van der Waals surface area contributed by atoms with E-state index in [1.165, 1.54) is 5.54 Å². The van der Waals surface area contributed by atoms with Gasteiger partial charge in [-0.25, -0.2) is 0 Å². The quantitative estimate of drug-likeness (QED) is 0.389. The van der Waals surface area contributed by atoms with Crippen LogP contribution in [0.4, 0.5) is 0 Å². The maximum atomic E-state index is 5.37. The fourth-order valence-electron chi connectivity index (χ4n) is 0.0695. The lowest BCUT2D eigenvalue weighted by Gasteiger charge is -1.83. The van der Waals surface area contributed by atoms with Crippen LogP contribution >= 0.6 is 32.4 Å². The summed E-state index contributed by atoms with van der Waals surface area (Å²) in [6, 6.07) is 0. The smallest absolute Gasteiger partial charge is 0.0665 e. The summed E-state index contributed by atoms with van der Waals surface area (Å²) in [6.45, 7) is 0. The van der Waals surface area contributed by atoms with Gasteiger partial charge in [0.25, 0.3) is 0 Å². The fourth-order valence-corrected chi connectivity index (χ4v) is 0.625. The first-order valence-corrected chi connectivity index (χ1v) is 2.98. The van der Waals surface area contributed by atoms with E-state index in [1.54, 1.807) is 6.08 Å². The van der Waals surface area contributed by atoms with Crippen molar-refractivity contribution in [1.29, 1.82) is 0 Å². The normalized spacial score (nSPS) is 15.8. The number of halogens is 2. The summed E-state index contributed by atoms with van der Waals surface area (Å²) < 4.78 is 0. The zero-order valence-electron chi connectivity index (χ0n) is 3.07. The van der Waals surface area contributed by atoms with Crippen LogP contribution in [0.5, 0.6) is 0 Å². The minimum Gasteiger partial charge on any atom is -0.114 e. The predicted molar refractivity (Wildman–Crippen MR) is 34.3 cm³/mol. The van der Waals surface area contributed by atoms with Crippen LogP contribution in [0.3, 0.4) is 0 Å². The summed E-state index contributed by atoms with van der Waals surface area (Å²) in [5.74, 6) is 0. The Hall–Kier alpha value is 0.750. The van der Waals surface area contributed by atoms with E-state index in [-0.39, 0.29) is 5.12 Å². The third kappa shape index (κ3) is 4.75. The standard InChI is InChI=1S/C3H5Cl2P/c4-2-1-3(5)6/h1-3H,6H2. The van der Waals surface area contributed by atoms with Crippen LogP contribution in [0, 0.1) is 0 Å². The minimum atomic E-state index is -0.0255. The third-order valence-electron chi connectivity index (χ3n) is 0.257. The predicted octanol–water partition coefficient (Wildman–Crippen LogP) is 2.18. The molecule has 0 rings (SSSR count). The second-order valence-electron chi connectivity index (χ2n) is 0.763. The van der Waals surface area contributed by atoms with Gasteiger partial charge in [0.2, 0.25) is 0 Å². The Balaban J connectivity index is 3.03. The Labute approximate surface area is 49.7 Å². The van der Waals surface area contributed by atoms with Crippen LogP contribution in [0.2, 0.25) is 0 Å². The van der Waals surface area contributed by atoms with Gasteiger partial charge in [0.05, 0.1) is 5.12 Å². The summed E-state index contributed by atoms with van der Waals surface area (Å²) in [7, 11) is 2.37. The van der Waals surface area contributed by atoms with Crippen LogP contribution < -0.4 is 0 Å². The molecule has 0 radical (unpaired) electrons. The second kappa shape index (κ2) is 3.92. The molecule has 2 unspecified atom stereocenters. The molecule has 0 aliphatic rings. The van der Waals surface area contributed by atoms with Crippen molar-refractivity contribution in [1.82, 2.24) is 0 Å². The average Bonchev–Trinajstić information content (AvgIpc) is 1.35. The molecule has 0 aromatic heterocycles. The molecule has 0 saturated heterocycles. The molecular weight excluding hydrogens is 138 g/mol. The van der Waals surface area contributed by atoms with Crippen LogP contribution in [0.1, 0.15) is 0 Å². The molecule has 0 fully saturated rings. The van der Waals surface area contributed by atoms with Crippen molar-refractivity contribution in [3.8, 4) is 0 Å². The molecule has 0 N–H and O–H groups in total. The maximum absolute atomic E-state index is 5.37. The van der Waals surface area contributed by atoms with E-state index < -0.39 is 0 Å². The molecular formula is C3H5Cl2P. The molecule has 0 heterocycles. The Morgan fingerprint density at radius 1 is 1.67 bits per heavy atom. The number of hydrogen-bond acceptors (Lipinski definition) is 0. The van der Waals surface area contributed by atoms with Gasteiger partial charge in [0.1, 0.15) is 0 Å². The van der Waals surface area contributed by atoms with Gasteiger partial charge in [-0.15, -0.1) is 20.8 Å². The van der Waals surface area contributed by atoms with Crippen LogP contribution in [0.15, 0.2) is 11.6 Å². The van der Waals surface area contributed by atoms with Crippen molar-refractivity contribution in [2.45, 2.75) is 5.12 Å². The van der Waals surface area contributed by atoms with Gasteiger partial charge in [0, 0.05) is 5.54 Å². The highest BCUT2D eigenvalue weighted by Crippen LogP contribution is 2.05. The summed E-state index contributed by atoms with van der Waals surface area (Å²) in [5.41, 5.74) is 1.39. The molecule has 36 valence electrons. The monoisotopic (exact) mass is 142 g/mol. The first-order valence-electron chi connectivity index (χ1n) is 1.44. The lowest BCUT2D eigenvalue weighted by atomic mass is 10.7. The highest BCUT2D eigenvalue weighted by atomic mass is 35.5. The molecule has 0 aliphatic carbocycles. The van der Waals surface area contributed by atoms with Gasteiger partial charge in [-0.1, -0.05) is 17.7 Å². The van der Waals surface area contributed by atoms with Crippen molar-refractivity contribution >= 4 is 32.4 Å². The molecule has 6 heavy (non-hydrogen) atoms. The SMILES string of the molecule is PC(Cl)C=CCl. The van der Waals surface area contributed by atoms with Crippen molar-refractivity contribution in [2.75, 3.05) is 0 Å². The third-order valence-corrected chi connectivity index (χ3v) is 0.770. The Morgan fingerprint density at radius 3 is 2.17 bits per heavy atom. The lowest BCUT2D eigenvalue weighted by Crippen LogP contribution is -1.69. The molecule has 0 saturated carbocycles. The first kappa shape index (κ1) is 6.75. The Kier molecular flexibility index (Phi) is 4.41. The second-order valence-corrected chi connectivity index (χ2v) is 2.66. The molecule has 0 aromatic rings. The highest BCUT2D eigenvalue weighted by Gasteiger charge is 1.80. The molecule has 0 amide bonds. The molecule has 0 bridgehead atoms. The molecule has 0 aromatic carbocycles. The summed E-state index contributed by atoms with van der Waals surface area (Å²) >= 11 is 10.5. The lowest BCUT2D eigenvalue weighted by molar-refractivity contribution is 1.66. The van der Waals surface area contributed by atoms with E-state index in [9.17, 15) is 0 Å². The number of allylic oxidation sites excluding steroid dienone is 1. The number of rotatable bonds is 1. The van der Waals surface area contributed by atoms with Gasteiger partial charge >= 0.3 is 0 Å². The van der Waals surface area contributed by atoms with Gasteiger partial charge in [0.15, 0.2) is 0 Å². The Bertz CT molecular complexity index is 50.8. The number of alkyl halides is 1. The van der Waals surface area contributed by atoms with Gasteiger partial charge in [-0.05, 0) is 0 Å². The minimum absolute atomic E-state index is 0.0255. The molecule has 2 atom stereocenters. The van der Waals surface area contributed by atoms with Gasteiger partial charge < -0.3 is 0 Å². The zero-order valence-corrected chi connectivity index (χ0v) is 5.73. The maximum Gasteiger partial charge on any atom is 0.0665 e. The van der Waals surface area contributed by atoms with Gasteiger partial charge in [-0.2, -0.15) is 0 Å². The molecule has 0 nitrogen and oxygen atoms in total. The van der Waals surface area contributed by atoms with Crippen LogP contribution in [-0.4, -0.2) is 5.12 Å². The van der Waals surface area contributed by atoms with Gasteiger partial charge in [-0.3, -0.25) is 0 Å². The van der Waals surface area contributed by atoms with E-state index in [2.05, 4.69) is 9.24 Å².